The van der Waals surface area contributed by atoms with Gasteiger partial charge in [-0.1, -0.05) is 6.92 Å². The lowest BCUT2D eigenvalue weighted by molar-refractivity contribution is -0.147. The predicted octanol–water partition coefficient (Wildman–Crippen LogP) is 0.323. The Morgan fingerprint density at radius 3 is 2.18 bits per heavy atom. The van der Waals surface area contributed by atoms with E-state index in [9.17, 15) is 14.4 Å². The highest BCUT2D eigenvalue weighted by molar-refractivity contribution is 5.88. The van der Waals surface area contributed by atoms with Crippen molar-refractivity contribution in [2.45, 2.75) is 32.7 Å². The summed E-state index contributed by atoms with van der Waals surface area (Å²) in [7, 11) is 0. The number of amides is 1. The molecule has 96 valence electrons. The van der Waals surface area contributed by atoms with Crippen LogP contribution in [0.25, 0.3) is 0 Å². The summed E-state index contributed by atoms with van der Waals surface area (Å²) in [6.07, 6.45) is 0.962. The third-order valence-corrected chi connectivity index (χ3v) is 3.18. The van der Waals surface area contributed by atoms with Crippen LogP contribution in [0.4, 0.5) is 0 Å². The van der Waals surface area contributed by atoms with Crippen LogP contribution in [0.3, 0.4) is 0 Å². The smallest absolute Gasteiger partial charge is 0.325 e. The second kappa shape index (κ2) is 5.16. The van der Waals surface area contributed by atoms with E-state index in [0.29, 0.717) is 12.8 Å². The average Bonchev–Trinajstić information content (AvgIpc) is 2.60. The maximum absolute atomic E-state index is 11.8. The number of hydrogen-bond acceptors (Lipinski definition) is 3. The molecule has 0 aromatic carbocycles. The van der Waals surface area contributed by atoms with Gasteiger partial charge in [-0.2, -0.15) is 0 Å². The van der Waals surface area contributed by atoms with Crippen LogP contribution in [0.2, 0.25) is 0 Å². The van der Waals surface area contributed by atoms with Gasteiger partial charge in [-0.25, -0.2) is 0 Å². The molecule has 4 unspecified atom stereocenters. The summed E-state index contributed by atoms with van der Waals surface area (Å²) in [6.45, 7) is 3.25. The van der Waals surface area contributed by atoms with Crippen LogP contribution in [0.1, 0.15) is 26.7 Å². The standard InChI is InChI=1S/C11H17NO5/c1-5-3-7(8(4-5)11(16)17)9(13)12-6(2)10(14)15/h5-8H,3-4H2,1-2H3,(H,12,13)(H,14,15)(H,16,17). The Hall–Kier alpha value is -1.59. The van der Waals surface area contributed by atoms with E-state index >= 15 is 0 Å². The van der Waals surface area contributed by atoms with E-state index < -0.39 is 35.7 Å². The molecule has 0 radical (unpaired) electrons. The molecule has 1 aliphatic carbocycles. The van der Waals surface area contributed by atoms with Gasteiger partial charge < -0.3 is 15.5 Å². The lowest BCUT2D eigenvalue weighted by Crippen LogP contribution is -2.43. The number of carbonyl (C=O) groups excluding carboxylic acids is 1. The molecule has 6 heteroatoms. The molecule has 1 saturated carbocycles. The van der Waals surface area contributed by atoms with Crippen molar-refractivity contribution in [3.8, 4) is 0 Å². The fourth-order valence-electron chi connectivity index (χ4n) is 2.24. The minimum Gasteiger partial charge on any atom is -0.481 e. The van der Waals surface area contributed by atoms with Crippen LogP contribution in [-0.4, -0.2) is 34.1 Å². The molecule has 0 aliphatic heterocycles. The Kier molecular flexibility index (Phi) is 4.09. The molecule has 1 fully saturated rings. The van der Waals surface area contributed by atoms with Gasteiger partial charge in [0, 0.05) is 0 Å². The normalized spacial score (nSPS) is 29.6. The van der Waals surface area contributed by atoms with Crippen molar-refractivity contribution >= 4 is 17.8 Å². The number of carboxylic acid groups (broad SMARTS) is 2. The Balaban J connectivity index is 2.67. The van der Waals surface area contributed by atoms with E-state index in [1.54, 1.807) is 0 Å². The molecule has 0 bridgehead atoms. The van der Waals surface area contributed by atoms with Gasteiger partial charge in [0.05, 0.1) is 11.8 Å². The number of carbonyl (C=O) groups is 3. The minimum absolute atomic E-state index is 0.173. The van der Waals surface area contributed by atoms with E-state index in [-0.39, 0.29) is 5.92 Å². The zero-order chi connectivity index (χ0) is 13.2. The third-order valence-electron chi connectivity index (χ3n) is 3.18. The summed E-state index contributed by atoms with van der Waals surface area (Å²) < 4.78 is 0. The lowest BCUT2D eigenvalue weighted by Gasteiger charge is -2.17. The van der Waals surface area contributed by atoms with Crippen molar-refractivity contribution in [1.29, 1.82) is 0 Å². The fraction of sp³-hybridized carbons (Fsp3) is 0.727. The SMILES string of the molecule is CC1CC(C(=O)O)C(C(=O)NC(C)C(=O)O)C1. The molecule has 0 saturated heterocycles. The number of carboxylic acids is 2. The van der Waals surface area contributed by atoms with Gasteiger partial charge in [0.25, 0.3) is 0 Å². The van der Waals surface area contributed by atoms with Crippen molar-refractivity contribution < 1.29 is 24.6 Å². The molecular weight excluding hydrogens is 226 g/mol. The average molecular weight is 243 g/mol. The van der Waals surface area contributed by atoms with Crippen LogP contribution in [-0.2, 0) is 14.4 Å². The number of aliphatic carboxylic acids is 2. The Labute approximate surface area is 99.0 Å². The first-order valence-electron chi connectivity index (χ1n) is 5.59. The van der Waals surface area contributed by atoms with Crippen molar-refractivity contribution in [2.24, 2.45) is 17.8 Å². The first kappa shape index (κ1) is 13.5. The van der Waals surface area contributed by atoms with E-state index in [1.165, 1.54) is 6.92 Å². The molecule has 3 N–H and O–H groups in total. The van der Waals surface area contributed by atoms with Crippen LogP contribution < -0.4 is 5.32 Å². The first-order valence-corrected chi connectivity index (χ1v) is 5.59. The summed E-state index contributed by atoms with van der Waals surface area (Å²) >= 11 is 0. The molecule has 17 heavy (non-hydrogen) atoms. The van der Waals surface area contributed by atoms with Crippen LogP contribution in [0.15, 0.2) is 0 Å². The quantitative estimate of drug-likeness (QED) is 0.659. The van der Waals surface area contributed by atoms with Crippen molar-refractivity contribution in [3.63, 3.8) is 0 Å². The third kappa shape index (κ3) is 3.18. The summed E-state index contributed by atoms with van der Waals surface area (Å²) in [5.41, 5.74) is 0. The molecule has 6 nitrogen and oxygen atoms in total. The Bertz CT molecular complexity index is 341. The molecule has 0 heterocycles. The highest BCUT2D eigenvalue weighted by atomic mass is 16.4. The van der Waals surface area contributed by atoms with Gasteiger partial charge in [0.2, 0.25) is 5.91 Å². The molecule has 1 aliphatic rings. The molecule has 0 aromatic heterocycles. The summed E-state index contributed by atoms with van der Waals surface area (Å²) in [5.74, 6) is -3.74. The van der Waals surface area contributed by atoms with Gasteiger partial charge in [-0.15, -0.1) is 0 Å². The maximum Gasteiger partial charge on any atom is 0.325 e. The molecule has 4 atom stereocenters. The summed E-state index contributed by atoms with van der Waals surface area (Å²) in [4.78, 5) is 33.4. The Morgan fingerprint density at radius 1 is 1.18 bits per heavy atom. The molecule has 1 rings (SSSR count). The van der Waals surface area contributed by atoms with Gasteiger partial charge in [0.1, 0.15) is 6.04 Å². The molecule has 0 spiro atoms. The second-order valence-electron chi connectivity index (χ2n) is 4.70. The van der Waals surface area contributed by atoms with E-state index in [1.807, 2.05) is 6.92 Å². The lowest BCUT2D eigenvalue weighted by atomic mass is 9.95. The summed E-state index contributed by atoms with van der Waals surface area (Å²) in [6, 6.07) is -0.993. The molecular formula is C11H17NO5. The first-order chi connectivity index (χ1) is 7.82. The highest BCUT2D eigenvalue weighted by Gasteiger charge is 2.41. The minimum atomic E-state index is -1.13. The van der Waals surface area contributed by atoms with Gasteiger partial charge in [0.15, 0.2) is 0 Å². The largest absolute Gasteiger partial charge is 0.481 e. The highest BCUT2D eigenvalue weighted by Crippen LogP contribution is 2.36. The predicted molar refractivity (Wildman–Crippen MR) is 58.3 cm³/mol. The van der Waals surface area contributed by atoms with Gasteiger partial charge in [-0.3, -0.25) is 14.4 Å². The van der Waals surface area contributed by atoms with Crippen LogP contribution >= 0.6 is 0 Å². The zero-order valence-electron chi connectivity index (χ0n) is 9.84. The summed E-state index contributed by atoms with van der Waals surface area (Å²) in [5, 5.41) is 20.0. The monoisotopic (exact) mass is 243 g/mol. The number of nitrogens with one attached hydrogen (secondary N) is 1. The van der Waals surface area contributed by atoms with E-state index in [4.69, 9.17) is 10.2 Å². The van der Waals surface area contributed by atoms with E-state index in [0.717, 1.165) is 0 Å². The van der Waals surface area contributed by atoms with Crippen molar-refractivity contribution in [3.05, 3.63) is 0 Å². The van der Waals surface area contributed by atoms with Crippen molar-refractivity contribution in [2.75, 3.05) is 0 Å². The van der Waals surface area contributed by atoms with Gasteiger partial charge in [-0.05, 0) is 25.7 Å². The topological polar surface area (TPSA) is 104 Å². The molecule has 1 amide bonds. The fourth-order valence-corrected chi connectivity index (χ4v) is 2.24. The van der Waals surface area contributed by atoms with Crippen molar-refractivity contribution in [1.82, 2.24) is 5.32 Å². The van der Waals surface area contributed by atoms with E-state index in [2.05, 4.69) is 5.32 Å². The van der Waals surface area contributed by atoms with Crippen LogP contribution in [0.5, 0.6) is 0 Å². The van der Waals surface area contributed by atoms with Gasteiger partial charge >= 0.3 is 11.9 Å². The van der Waals surface area contributed by atoms with Crippen LogP contribution in [0, 0.1) is 17.8 Å². The number of hydrogen-bond donors (Lipinski definition) is 3. The molecule has 0 aromatic rings. The maximum atomic E-state index is 11.8. The second-order valence-corrected chi connectivity index (χ2v) is 4.70. The number of rotatable bonds is 4. The Morgan fingerprint density at radius 2 is 1.71 bits per heavy atom. The zero-order valence-corrected chi connectivity index (χ0v) is 9.84.